The van der Waals surface area contributed by atoms with Crippen molar-refractivity contribution in [3.63, 3.8) is 0 Å². The number of nitrogens with one attached hydrogen (secondary N) is 1. The minimum Gasteiger partial charge on any atom is -0.481 e. The van der Waals surface area contributed by atoms with Crippen molar-refractivity contribution in [3.05, 3.63) is 35.4 Å². The maximum absolute atomic E-state index is 11.8. The van der Waals surface area contributed by atoms with Crippen molar-refractivity contribution in [1.29, 1.82) is 0 Å². The molecule has 2 rings (SSSR count). The summed E-state index contributed by atoms with van der Waals surface area (Å²) in [7, 11) is 0. The van der Waals surface area contributed by atoms with Gasteiger partial charge in [-0.3, -0.25) is 14.6 Å². The van der Waals surface area contributed by atoms with Crippen LogP contribution in [0.1, 0.15) is 56.6 Å². The van der Waals surface area contributed by atoms with Crippen molar-refractivity contribution >= 4 is 23.4 Å². The monoisotopic (exact) mass is 388 g/mol. The number of nitrogens with zero attached hydrogens (tertiary/aromatic N) is 2. The highest BCUT2D eigenvalue weighted by atomic mass is 16.6. The molecular weight excluding hydrogens is 360 g/mol. The average Bonchev–Trinajstić information content (AvgIpc) is 3.13. The molecule has 0 aliphatic carbocycles. The van der Waals surface area contributed by atoms with Gasteiger partial charge < -0.3 is 21.0 Å². The van der Waals surface area contributed by atoms with Crippen LogP contribution in [0.5, 0.6) is 0 Å². The standard InChI is InChI=1S/C20H28N4O4/c1-2-3-4-10-23-20(21)15-7-5-14(6-8-15)17-12-16(28-24-17)13-18(25)22-11-9-19(26)27/h5-8,16H,2-4,9-13H2,1H3,(H2,21,23)(H,22,25)(H,26,27). The summed E-state index contributed by atoms with van der Waals surface area (Å²) in [6.07, 6.45) is 3.55. The molecule has 4 N–H and O–H groups in total. The van der Waals surface area contributed by atoms with Gasteiger partial charge in [0.1, 0.15) is 11.9 Å². The molecule has 0 bridgehead atoms. The lowest BCUT2D eigenvalue weighted by molar-refractivity contribution is -0.136. The second-order valence-electron chi connectivity index (χ2n) is 6.72. The molecule has 0 spiro atoms. The van der Waals surface area contributed by atoms with Gasteiger partial charge in [-0.05, 0) is 12.0 Å². The molecule has 0 aromatic heterocycles. The van der Waals surface area contributed by atoms with Crippen LogP contribution < -0.4 is 11.1 Å². The molecule has 0 radical (unpaired) electrons. The number of aliphatic carboxylic acids is 1. The van der Waals surface area contributed by atoms with Gasteiger partial charge in [0.05, 0.1) is 18.6 Å². The van der Waals surface area contributed by atoms with Gasteiger partial charge >= 0.3 is 5.97 Å². The van der Waals surface area contributed by atoms with E-state index in [1.807, 2.05) is 24.3 Å². The molecule has 8 nitrogen and oxygen atoms in total. The van der Waals surface area contributed by atoms with E-state index >= 15 is 0 Å². The Balaban J connectivity index is 1.81. The highest BCUT2D eigenvalue weighted by Crippen LogP contribution is 2.19. The van der Waals surface area contributed by atoms with Gasteiger partial charge in [-0.1, -0.05) is 49.2 Å². The van der Waals surface area contributed by atoms with E-state index < -0.39 is 5.97 Å². The lowest BCUT2D eigenvalue weighted by atomic mass is 10.0. The van der Waals surface area contributed by atoms with Crippen LogP contribution in [0.2, 0.25) is 0 Å². The summed E-state index contributed by atoms with van der Waals surface area (Å²) in [5.41, 5.74) is 8.58. The van der Waals surface area contributed by atoms with E-state index in [0.29, 0.717) is 12.3 Å². The zero-order chi connectivity index (χ0) is 20.4. The molecule has 8 heteroatoms. The van der Waals surface area contributed by atoms with Gasteiger partial charge in [0, 0.05) is 25.1 Å². The second-order valence-corrected chi connectivity index (χ2v) is 6.72. The molecule has 1 aromatic rings. The number of unbranched alkanes of at least 4 members (excludes halogenated alkanes) is 2. The number of benzene rings is 1. The predicted molar refractivity (Wildman–Crippen MR) is 107 cm³/mol. The molecule has 1 atom stereocenters. The number of aliphatic imine (C=N–C) groups is 1. The van der Waals surface area contributed by atoms with Crippen LogP contribution in [0.15, 0.2) is 34.4 Å². The van der Waals surface area contributed by atoms with Crippen molar-refractivity contribution in [2.24, 2.45) is 15.9 Å². The summed E-state index contributed by atoms with van der Waals surface area (Å²) >= 11 is 0. The summed E-state index contributed by atoms with van der Waals surface area (Å²) in [6, 6.07) is 7.65. The molecule has 1 heterocycles. The lowest BCUT2D eigenvalue weighted by Crippen LogP contribution is -2.29. The van der Waals surface area contributed by atoms with Crippen LogP contribution in [0.3, 0.4) is 0 Å². The summed E-state index contributed by atoms with van der Waals surface area (Å²) in [4.78, 5) is 32.0. The molecule has 0 fully saturated rings. The van der Waals surface area contributed by atoms with E-state index in [-0.39, 0.29) is 31.4 Å². The van der Waals surface area contributed by atoms with Crippen LogP contribution in [-0.2, 0) is 14.4 Å². The van der Waals surface area contributed by atoms with Gasteiger partial charge in [0.25, 0.3) is 0 Å². The highest BCUT2D eigenvalue weighted by molar-refractivity contribution is 6.03. The molecule has 0 saturated heterocycles. The zero-order valence-corrected chi connectivity index (χ0v) is 16.2. The van der Waals surface area contributed by atoms with E-state index in [1.165, 1.54) is 0 Å². The number of hydrogen-bond donors (Lipinski definition) is 3. The van der Waals surface area contributed by atoms with E-state index in [4.69, 9.17) is 15.7 Å². The SMILES string of the molecule is CCCCCN=C(N)c1ccc(C2=NOC(CC(=O)NCCC(=O)O)C2)cc1. The van der Waals surface area contributed by atoms with Crippen LogP contribution in [-0.4, -0.2) is 47.7 Å². The molecule has 0 saturated carbocycles. The van der Waals surface area contributed by atoms with E-state index in [1.54, 1.807) is 0 Å². The Morgan fingerprint density at radius 2 is 2.07 bits per heavy atom. The number of carbonyl (C=O) groups excluding carboxylic acids is 1. The van der Waals surface area contributed by atoms with Crippen molar-refractivity contribution < 1.29 is 19.5 Å². The van der Waals surface area contributed by atoms with Gasteiger partial charge in [-0.15, -0.1) is 0 Å². The van der Waals surface area contributed by atoms with Gasteiger partial charge in [0.2, 0.25) is 5.91 Å². The molecule has 28 heavy (non-hydrogen) atoms. The van der Waals surface area contributed by atoms with Crippen molar-refractivity contribution in [2.75, 3.05) is 13.1 Å². The van der Waals surface area contributed by atoms with Crippen molar-refractivity contribution in [2.45, 2.75) is 51.6 Å². The molecule has 152 valence electrons. The number of hydrogen-bond acceptors (Lipinski definition) is 5. The molecule has 1 aliphatic heterocycles. The second kappa shape index (κ2) is 11.1. The minimum atomic E-state index is -0.946. The van der Waals surface area contributed by atoms with Crippen LogP contribution in [0.25, 0.3) is 0 Å². The third-order valence-corrected chi connectivity index (χ3v) is 4.36. The maximum atomic E-state index is 11.8. The molecule has 1 aromatic carbocycles. The first-order valence-corrected chi connectivity index (χ1v) is 9.61. The first kappa shape index (κ1) is 21.4. The largest absolute Gasteiger partial charge is 0.481 e. The summed E-state index contributed by atoms with van der Waals surface area (Å²) < 4.78 is 0. The average molecular weight is 388 g/mol. The zero-order valence-electron chi connectivity index (χ0n) is 16.2. The van der Waals surface area contributed by atoms with E-state index in [9.17, 15) is 9.59 Å². The van der Waals surface area contributed by atoms with Gasteiger partial charge in [-0.2, -0.15) is 0 Å². The Bertz CT molecular complexity index is 728. The highest BCUT2D eigenvalue weighted by Gasteiger charge is 2.24. The smallest absolute Gasteiger partial charge is 0.305 e. The summed E-state index contributed by atoms with van der Waals surface area (Å²) in [5.74, 6) is -0.661. The Morgan fingerprint density at radius 3 is 2.75 bits per heavy atom. The molecule has 1 aliphatic rings. The normalized spacial score (nSPS) is 16.4. The third-order valence-electron chi connectivity index (χ3n) is 4.36. The number of rotatable bonds is 11. The van der Waals surface area contributed by atoms with Gasteiger partial charge in [0.15, 0.2) is 0 Å². The Labute approximate surface area is 164 Å². The summed E-state index contributed by atoms with van der Waals surface area (Å²) in [5, 5.41) is 15.2. The molecule has 1 unspecified atom stereocenters. The fourth-order valence-electron chi connectivity index (χ4n) is 2.78. The van der Waals surface area contributed by atoms with E-state index in [0.717, 1.165) is 42.6 Å². The number of amides is 1. The lowest BCUT2D eigenvalue weighted by Gasteiger charge is -2.08. The molecular formula is C20H28N4O4. The quantitative estimate of drug-likeness (QED) is 0.304. The van der Waals surface area contributed by atoms with Crippen LogP contribution >= 0.6 is 0 Å². The van der Waals surface area contributed by atoms with Crippen molar-refractivity contribution in [1.82, 2.24) is 5.32 Å². The number of carboxylic acids is 1. The fourth-order valence-corrected chi connectivity index (χ4v) is 2.78. The topological polar surface area (TPSA) is 126 Å². The van der Waals surface area contributed by atoms with Crippen molar-refractivity contribution in [3.8, 4) is 0 Å². The summed E-state index contributed by atoms with van der Waals surface area (Å²) in [6.45, 7) is 2.99. The fraction of sp³-hybridized carbons (Fsp3) is 0.500. The minimum absolute atomic E-state index is 0.101. The number of carboxylic acid groups (broad SMARTS) is 1. The third kappa shape index (κ3) is 7.02. The maximum Gasteiger partial charge on any atom is 0.305 e. The number of nitrogens with two attached hydrogens (primary N) is 1. The Kier molecular flexibility index (Phi) is 8.45. The number of oxime groups is 1. The molecule has 1 amide bonds. The number of amidine groups is 1. The number of carbonyl (C=O) groups is 2. The Hall–Kier alpha value is -2.90. The van der Waals surface area contributed by atoms with Crippen LogP contribution in [0.4, 0.5) is 0 Å². The van der Waals surface area contributed by atoms with Crippen LogP contribution in [0, 0.1) is 0 Å². The predicted octanol–water partition coefficient (Wildman–Crippen LogP) is 2.06. The first-order valence-electron chi connectivity index (χ1n) is 9.61. The van der Waals surface area contributed by atoms with E-state index in [2.05, 4.69) is 22.4 Å². The Morgan fingerprint density at radius 1 is 1.32 bits per heavy atom. The first-order chi connectivity index (χ1) is 13.5. The van der Waals surface area contributed by atoms with Gasteiger partial charge in [-0.25, -0.2) is 0 Å².